The van der Waals surface area contributed by atoms with Crippen LogP contribution < -0.4 is 41.2 Å². The van der Waals surface area contributed by atoms with Gasteiger partial charge in [-0.05, 0) is 240 Å². The molecule has 0 aliphatic heterocycles. The molecule has 18 rings (SSSR count). The van der Waals surface area contributed by atoms with Crippen molar-refractivity contribution in [1.29, 1.82) is 0 Å². The summed E-state index contributed by atoms with van der Waals surface area (Å²) in [5.41, 5.74) is 20.7. The van der Waals surface area contributed by atoms with Gasteiger partial charge in [-0.2, -0.15) is 5.10 Å². The molecule has 0 amide bonds. The van der Waals surface area contributed by atoms with Crippen LogP contribution in [0.3, 0.4) is 0 Å². The molecule has 3 aromatic heterocycles. The van der Waals surface area contributed by atoms with Gasteiger partial charge < -0.3 is 36.2 Å². The Kier molecular flexibility index (Phi) is 33.1. The number of rotatable bonds is 19. The van der Waals surface area contributed by atoms with Crippen molar-refractivity contribution in [2.24, 2.45) is 5.84 Å². The van der Waals surface area contributed by atoms with Crippen LogP contribution in [0.25, 0.3) is 70.9 Å². The van der Waals surface area contributed by atoms with Crippen molar-refractivity contribution < 1.29 is 52.9 Å². The van der Waals surface area contributed by atoms with Crippen molar-refractivity contribution in [3.63, 3.8) is 0 Å². The maximum atomic E-state index is 11.7. The number of nitrogens with zero attached hydrogens (tertiary/aromatic N) is 8. The van der Waals surface area contributed by atoms with Gasteiger partial charge in [0.15, 0.2) is 20.2 Å². The molecule has 5 fully saturated rings. The van der Waals surface area contributed by atoms with E-state index in [1.54, 1.807) is 33.4 Å². The molecule has 0 saturated heterocycles. The molecule has 8 N–H and O–H groups in total. The van der Waals surface area contributed by atoms with Gasteiger partial charge >= 0.3 is 36.8 Å². The second-order valence-corrected chi connectivity index (χ2v) is 30.8. The number of aromatic nitrogens is 9. The normalized spacial score (nSPS) is 13.7. The summed E-state index contributed by atoms with van der Waals surface area (Å²) in [7, 11) is 0. The first-order valence-corrected chi connectivity index (χ1v) is 45.4. The second-order valence-electron chi connectivity index (χ2n) is 26.9. The molecule has 0 spiro atoms. The third kappa shape index (κ3) is 22.6. The van der Waals surface area contributed by atoms with Gasteiger partial charge in [-0.25, -0.2) is 5.84 Å². The minimum absolute atomic E-state index is 0. The quantitative estimate of drug-likeness (QED) is 0.00579. The summed E-state index contributed by atoms with van der Waals surface area (Å²) in [5, 5.41) is 41.1. The Hall–Kier alpha value is -7.82. The molecule has 0 bridgehead atoms. The Labute approximate surface area is 719 Å². The fourth-order valence-corrected chi connectivity index (χ4v) is 16.0. The van der Waals surface area contributed by atoms with Crippen LogP contribution in [0.4, 0.5) is 11.4 Å². The molecule has 0 unspecified atom stereocenters. The Bertz CT molecular complexity index is 5500. The maximum absolute atomic E-state index is 11.7. The number of carbonyl (C=O) groups is 3. The number of nitrogens with two attached hydrogens (primary N) is 2. The topological polar surface area (TPSA) is 280 Å². The number of ether oxygens (including phenoxy) is 3. The van der Waals surface area contributed by atoms with Gasteiger partial charge in [0.25, 0.3) is 0 Å². The van der Waals surface area contributed by atoms with Crippen LogP contribution in [-0.4, -0.2) is 109 Å². The van der Waals surface area contributed by atoms with Crippen molar-refractivity contribution in [2.75, 3.05) is 47.7 Å². The maximum Gasteiger partial charge on any atom is 1.00 e. The molecule has 582 valence electrons. The van der Waals surface area contributed by atoms with Crippen LogP contribution in [0.15, 0.2) is 210 Å². The Balaban J connectivity index is 0.000000147. The monoisotopic (exact) mass is 1840 g/mol. The summed E-state index contributed by atoms with van der Waals surface area (Å²) >= 11 is 24.9. The summed E-state index contributed by atoms with van der Waals surface area (Å²) < 4.78 is 21.6. The van der Waals surface area contributed by atoms with Gasteiger partial charge in [-0.3, -0.25) is 33.2 Å². The number of thioether (sulfide) groups is 2. The van der Waals surface area contributed by atoms with E-state index in [1.807, 2.05) is 31.9 Å². The van der Waals surface area contributed by atoms with Crippen molar-refractivity contribution in [2.45, 2.75) is 125 Å². The number of thiocarbonyl (C=S) groups is 1. The van der Waals surface area contributed by atoms with Crippen molar-refractivity contribution in [1.82, 2.24) is 49.7 Å². The zero-order valence-electron chi connectivity index (χ0n) is 62.9. The first-order valence-electron chi connectivity index (χ1n) is 37.0. The van der Waals surface area contributed by atoms with E-state index in [1.165, 1.54) is 164 Å². The van der Waals surface area contributed by atoms with E-state index in [9.17, 15) is 14.4 Å². The minimum atomic E-state index is -0.253. The van der Waals surface area contributed by atoms with Crippen LogP contribution in [0.2, 0.25) is 0 Å². The van der Waals surface area contributed by atoms with Gasteiger partial charge in [-0.1, -0.05) is 191 Å². The van der Waals surface area contributed by atoms with E-state index in [-0.39, 0.29) is 53.8 Å². The third-order valence-electron chi connectivity index (χ3n) is 19.3. The molecule has 29 heteroatoms. The average Bonchev–Trinajstić information content (AvgIpc) is 1.48. The summed E-state index contributed by atoms with van der Waals surface area (Å²) in [6.07, 6.45) is 16.4. The van der Waals surface area contributed by atoms with Crippen LogP contribution >= 0.6 is 108 Å². The Morgan fingerprint density at radius 3 is 1.28 bits per heavy atom. The smallest absolute Gasteiger partial charge is 0.870 e. The largest absolute Gasteiger partial charge is 1.00 e. The van der Waals surface area contributed by atoms with E-state index in [4.69, 9.17) is 45.5 Å². The second kappa shape index (κ2) is 42.7. The molecular formula is C84H86Br4LiN13O7S4. The van der Waals surface area contributed by atoms with E-state index in [0.717, 1.165) is 51.6 Å². The number of H-pyrrole nitrogens is 1. The SMILES string of the molecule is BrBr.CCOC(=O)CBr.CCOC(=O)CSc1nnc(Br)n1-c1ccc(C2CC2)c2ccccc12.CCOC(=O)CSc1nncn1-c1ccc(C2CC2)c2ccccc12.NNC(=S)Nc1ccc(C2CC2)c2ccccc12.Nc1ccc(C2CC2)c2ccccc12.S=c1[nH]ncn1-c1ccc(C2CC2)c2ccccc12.[Li+].[OH-]. The molecule has 13 aromatic rings. The van der Waals surface area contributed by atoms with Gasteiger partial charge in [0.1, 0.15) is 18.0 Å². The summed E-state index contributed by atoms with van der Waals surface area (Å²) in [5.74, 6) is 8.68. The van der Waals surface area contributed by atoms with Crippen LogP contribution in [0, 0.1) is 4.77 Å². The van der Waals surface area contributed by atoms with Gasteiger partial charge in [0, 0.05) is 66.6 Å². The molecule has 113 heavy (non-hydrogen) atoms. The predicted molar refractivity (Wildman–Crippen MR) is 472 cm³/mol. The number of fused-ring (bicyclic) bond motifs is 5. The predicted octanol–water partition coefficient (Wildman–Crippen LogP) is 18.3. The number of nitrogens with one attached hydrogen (secondary N) is 3. The summed E-state index contributed by atoms with van der Waals surface area (Å²) in [6.45, 7) is 6.61. The third-order valence-corrected chi connectivity index (χ3v) is 22.6. The number of nitrogen functional groups attached to an aromatic ring is 1. The minimum Gasteiger partial charge on any atom is -0.870 e. The van der Waals surface area contributed by atoms with E-state index in [0.29, 0.717) is 61.9 Å². The Morgan fingerprint density at radius 2 is 0.867 bits per heavy atom. The molecule has 5 aliphatic carbocycles. The van der Waals surface area contributed by atoms with Crippen molar-refractivity contribution in [3.8, 4) is 17.1 Å². The number of aromatic amines is 1. The summed E-state index contributed by atoms with van der Waals surface area (Å²) in [4.78, 5) is 33.5. The number of carbonyl (C=O) groups excluding carboxylic acids is 3. The number of anilines is 2. The zero-order chi connectivity index (χ0) is 77.9. The van der Waals surface area contributed by atoms with Crippen molar-refractivity contribution in [3.05, 3.63) is 232 Å². The van der Waals surface area contributed by atoms with Crippen LogP contribution in [0.1, 0.15) is 142 Å². The number of halogens is 4. The Morgan fingerprint density at radius 1 is 0.496 bits per heavy atom. The summed E-state index contributed by atoms with van der Waals surface area (Å²) in [6, 6.07) is 63.9. The standard InChI is InChI=1S/C19H18BrN3O2S.C19H19N3O2S.C15H13N3S.C14H15N3S.C13H13N.C4H7BrO2.Br2.Li.H2O/c1-2-25-17(24)11-26-19-22-21-18(20)23(19)16-10-9-13(12-7-8-12)14-5-3-4-6-15(14)16;1-2-24-18(23)11-25-19-21-20-12-22(19)17-10-9-14(13-7-8-13)15-5-3-4-6-16(15)17;19-15-17-16-9-18(15)14-8-7-11(10-5-6-10)12-3-1-2-4-13(12)14;15-17-14(18)16-13-8-7-10(9-5-6-9)11-3-1-2-4-12(11)13;14-13-8-7-10(9-5-6-9)11-3-1-2-4-12(11)13;1-2-7-4(6)3-5;1-2;;/h3-6,9-10,12H,2,7-8,11H2,1H3;3-6,9-10,12-13H,2,7-8,11H2,1H3;1-4,7-10H,5-6H2,(H,17,19);1-4,7-9H,5-6,15H2,(H2,16,17,18);1-4,7-9H,5-6,14H2;2-3H2,1H3;;;1H2/q;;;;;;;+1;/p-1. The molecule has 0 atom stereocenters. The fraction of sp³-hybridized carbons (Fsp3) is 0.286. The molecule has 10 aromatic carbocycles. The molecule has 5 saturated carbocycles. The number of hydrogen-bond acceptors (Lipinski definition) is 18. The van der Waals surface area contributed by atoms with Gasteiger partial charge in [0.05, 0.1) is 48.4 Å². The number of benzene rings is 10. The molecular weight excluding hydrogens is 1760 g/mol. The van der Waals surface area contributed by atoms with E-state index < -0.39 is 0 Å². The first kappa shape index (κ1) is 87.6. The number of hydrogen-bond donors (Lipinski definition) is 5. The van der Waals surface area contributed by atoms with E-state index in [2.05, 4.69) is 270 Å². The zero-order valence-corrected chi connectivity index (χ0v) is 72.6. The van der Waals surface area contributed by atoms with Gasteiger partial charge in [-0.15, -0.1) is 20.4 Å². The molecule has 3 heterocycles. The molecule has 20 nitrogen and oxygen atoms in total. The molecule has 5 aliphatic rings. The van der Waals surface area contributed by atoms with Gasteiger partial charge in [0.2, 0.25) is 4.73 Å². The van der Waals surface area contributed by atoms with Crippen LogP contribution in [-0.2, 0) is 28.6 Å². The first-order chi connectivity index (χ1) is 54.3. The van der Waals surface area contributed by atoms with Crippen molar-refractivity contribution >= 4 is 196 Å². The average molecular weight is 1840 g/mol. The molecule has 0 radical (unpaired) electrons. The number of esters is 3. The number of hydrazine groups is 1. The fourth-order valence-electron chi connectivity index (χ4n) is 13.5. The van der Waals surface area contributed by atoms with Crippen LogP contribution in [0.5, 0.6) is 0 Å². The number of alkyl halides is 1. The van der Waals surface area contributed by atoms with E-state index >= 15 is 0 Å².